The Hall–Kier alpha value is -3.35. The first kappa shape index (κ1) is 21.0. The first-order valence-corrected chi connectivity index (χ1v) is 9.12. The van der Waals surface area contributed by atoms with Crippen molar-refractivity contribution in [3.8, 4) is 5.75 Å². The summed E-state index contributed by atoms with van der Waals surface area (Å²) in [6.45, 7) is 6.47. The van der Waals surface area contributed by atoms with E-state index in [1.54, 1.807) is 55.5 Å². The largest absolute Gasteiger partial charge is 0.493 e. The Balaban J connectivity index is 1.86. The summed E-state index contributed by atoms with van der Waals surface area (Å²) in [4.78, 5) is 35.6. The fourth-order valence-electron chi connectivity index (χ4n) is 2.18. The first-order chi connectivity index (χ1) is 13.4. The Morgan fingerprint density at radius 3 is 1.82 bits per heavy atom. The number of hydrogen-bond donors (Lipinski definition) is 3. The number of carbonyl (C=O) groups is 3. The van der Waals surface area contributed by atoms with Gasteiger partial charge in [0.15, 0.2) is 0 Å². The van der Waals surface area contributed by atoms with Gasteiger partial charge in [0.25, 0.3) is 11.8 Å². The van der Waals surface area contributed by atoms with Crippen LogP contribution in [0.2, 0.25) is 0 Å². The van der Waals surface area contributed by atoms with Crippen molar-refractivity contribution in [2.75, 3.05) is 11.9 Å². The Kier molecular flexibility index (Phi) is 7.56. The molecular weight excluding hydrogens is 358 g/mol. The minimum absolute atomic E-state index is 0.106. The molecule has 0 aliphatic heterocycles. The number of carbonyl (C=O) groups excluding carboxylic acids is 3. The molecule has 7 nitrogen and oxygen atoms in total. The van der Waals surface area contributed by atoms with Crippen molar-refractivity contribution in [2.24, 2.45) is 5.92 Å². The van der Waals surface area contributed by atoms with Crippen LogP contribution in [0.1, 0.15) is 47.9 Å². The smallest absolute Gasteiger partial charge is 0.269 e. The number of hydrogen-bond acceptors (Lipinski definition) is 4. The van der Waals surface area contributed by atoms with Gasteiger partial charge < -0.3 is 10.1 Å². The molecule has 148 valence electrons. The highest BCUT2D eigenvalue weighted by atomic mass is 16.5. The average Bonchev–Trinajstić information content (AvgIpc) is 2.71. The van der Waals surface area contributed by atoms with Crippen molar-refractivity contribution in [3.05, 3.63) is 59.7 Å². The average molecular weight is 383 g/mol. The van der Waals surface area contributed by atoms with Gasteiger partial charge in [-0.05, 0) is 54.4 Å². The number of nitrogens with one attached hydrogen (secondary N) is 3. The second kappa shape index (κ2) is 10.1. The maximum atomic E-state index is 12.2. The molecule has 0 spiro atoms. The maximum absolute atomic E-state index is 12.2. The van der Waals surface area contributed by atoms with Crippen LogP contribution < -0.4 is 20.9 Å². The van der Waals surface area contributed by atoms with E-state index in [-0.39, 0.29) is 5.91 Å². The fraction of sp³-hybridized carbons (Fsp3) is 0.286. The van der Waals surface area contributed by atoms with E-state index in [1.165, 1.54) is 0 Å². The zero-order valence-electron chi connectivity index (χ0n) is 16.2. The van der Waals surface area contributed by atoms with Gasteiger partial charge in [0, 0.05) is 23.2 Å². The van der Waals surface area contributed by atoms with Crippen LogP contribution in [0.15, 0.2) is 48.5 Å². The van der Waals surface area contributed by atoms with Gasteiger partial charge in [-0.15, -0.1) is 0 Å². The molecule has 0 saturated heterocycles. The lowest BCUT2D eigenvalue weighted by atomic mass is 10.2. The number of ether oxygens (including phenoxy) is 1. The van der Waals surface area contributed by atoms with Crippen molar-refractivity contribution in [2.45, 2.75) is 27.2 Å². The van der Waals surface area contributed by atoms with E-state index < -0.39 is 11.8 Å². The molecule has 0 unspecified atom stereocenters. The Labute approximate surface area is 164 Å². The van der Waals surface area contributed by atoms with Gasteiger partial charge in [-0.2, -0.15) is 0 Å². The number of amides is 3. The summed E-state index contributed by atoms with van der Waals surface area (Å²) in [5.41, 5.74) is 6.10. The van der Waals surface area contributed by atoms with Gasteiger partial charge >= 0.3 is 0 Å². The molecule has 0 aromatic heterocycles. The standard InChI is InChI=1S/C21H25N3O4/c1-4-19(25)22-17-9-5-15(6-10-17)20(26)23-24-21(27)16-7-11-18(12-8-16)28-13-14(2)3/h5-12,14H,4,13H2,1-3H3,(H,22,25)(H,23,26)(H,24,27). The van der Waals surface area contributed by atoms with Gasteiger partial charge in [-0.1, -0.05) is 20.8 Å². The minimum atomic E-state index is -0.460. The van der Waals surface area contributed by atoms with Gasteiger partial charge in [0.2, 0.25) is 5.91 Å². The van der Waals surface area contributed by atoms with Crippen LogP contribution in [0, 0.1) is 5.92 Å². The molecule has 3 amide bonds. The highest BCUT2D eigenvalue weighted by Gasteiger charge is 2.10. The van der Waals surface area contributed by atoms with E-state index in [0.717, 1.165) is 0 Å². The molecule has 0 saturated carbocycles. The molecule has 0 fully saturated rings. The third-order valence-corrected chi connectivity index (χ3v) is 3.74. The Morgan fingerprint density at radius 2 is 1.36 bits per heavy atom. The van der Waals surface area contributed by atoms with E-state index in [2.05, 4.69) is 30.0 Å². The van der Waals surface area contributed by atoms with Crippen LogP contribution >= 0.6 is 0 Å². The molecule has 0 bridgehead atoms. The molecule has 2 rings (SSSR count). The molecule has 0 aliphatic rings. The molecular formula is C21H25N3O4. The molecule has 7 heteroatoms. The third-order valence-electron chi connectivity index (χ3n) is 3.74. The van der Waals surface area contributed by atoms with Crippen molar-refractivity contribution in [1.29, 1.82) is 0 Å². The van der Waals surface area contributed by atoms with Crippen LogP contribution in [-0.2, 0) is 4.79 Å². The van der Waals surface area contributed by atoms with E-state index in [9.17, 15) is 14.4 Å². The minimum Gasteiger partial charge on any atom is -0.493 e. The SMILES string of the molecule is CCC(=O)Nc1ccc(C(=O)NNC(=O)c2ccc(OCC(C)C)cc2)cc1. The Morgan fingerprint density at radius 1 is 0.857 bits per heavy atom. The van der Waals surface area contributed by atoms with Gasteiger partial charge in [-0.3, -0.25) is 25.2 Å². The second-order valence-electron chi connectivity index (χ2n) is 6.62. The van der Waals surface area contributed by atoms with Crippen molar-refractivity contribution >= 4 is 23.4 Å². The molecule has 0 radical (unpaired) electrons. The van der Waals surface area contributed by atoms with Crippen molar-refractivity contribution in [3.63, 3.8) is 0 Å². The van der Waals surface area contributed by atoms with E-state index in [4.69, 9.17) is 4.74 Å². The van der Waals surface area contributed by atoms with Crippen LogP contribution in [0.4, 0.5) is 5.69 Å². The summed E-state index contributed by atoms with van der Waals surface area (Å²) in [6.07, 6.45) is 0.374. The Bertz CT molecular complexity index is 815. The van der Waals surface area contributed by atoms with Gasteiger partial charge in [0.1, 0.15) is 5.75 Å². The molecule has 0 heterocycles. The lowest BCUT2D eigenvalue weighted by Gasteiger charge is -2.10. The normalized spacial score (nSPS) is 10.3. The third kappa shape index (κ3) is 6.42. The monoisotopic (exact) mass is 383 g/mol. The number of anilines is 1. The van der Waals surface area contributed by atoms with Gasteiger partial charge in [0.05, 0.1) is 6.61 Å². The van der Waals surface area contributed by atoms with Gasteiger partial charge in [-0.25, -0.2) is 0 Å². The van der Waals surface area contributed by atoms with Crippen LogP contribution in [0.3, 0.4) is 0 Å². The molecule has 0 atom stereocenters. The van der Waals surface area contributed by atoms with Crippen molar-refractivity contribution in [1.82, 2.24) is 10.9 Å². The molecule has 2 aromatic carbocycles. The van der Waals surface area contributed by atoms with Crippen LogP contribution in [0.5, 0.6) is 5.75 Å². The quantitative estimate of drug-likeness (QED) is 0.640. The van der Waals surface area contributed by atoms with Crippen LogP contribution in [-0.4, -0.2) is 24.3 Å². The summed E-state index contributed by atoms with van der Waals surface area (Å²) in [5.74, 6) is 0.0963. The summed E-state index contributed by atoms with van der Waals surface area (Å²) in [6, 6.07) is 13.1. The summed E-state index contributed by atoms with van der Waals surface area (Å²) in [7, 11) is 0. The zero-order valence-corrected chi connectivity index (χ0v) is 16.2. The summed E-state index contributed by atoms with van der Waals surface area (Å²) >= 11 is 0. The zero-order chi connectivity index (χ0) is 20.5. The fourth-order valence-corrected chi connectivity index (χ4v) is 2.18. The van der Waals surface area contributed by atoms with E-state index in [0.29, 0.717) is 41.5 Å². The number of benzene rings is 2. The number of rotatable bonds is 7. The molecule has 3 N–H and O–H groups in total. The predicted octanol–water partition coefficient (Wildman–Crippen LogP) is 3.14. The molecule has 2 aromatic rings. The topological polar surface area (TPSA) is 96.5 Å². The van der Waals surface area contributed by atoms with Crippen molar-refractivity contribution < 1.29 is 19.1 Å². The molecule has 28 heavy (non-hydrogen) atoms. The maximum Gasteiger partial charge on any atom is 0.269 e. The summed E-state index contributed by atoms with van der Waals surface area (Å²) < 4.78 is 5.57. The van der Waals surface area contributed by atoms with E-state index >= 15 is 0 Å². The molecule has 0 aliphatic carbocycles. The highest BCUT2D eigenvalue weighted by Crippen LogP contribution is 2.13. The highest BCUT2D eigenvalue weighted by molar-refractivity contribution is 5.99. The van der Waals surface area contributed by atoms with Crippen LogP contribution in [0.25, 0.3) is 0 Å². The second-order valence-corrected chi connectivity index (χ2v) is 6.62. The lowest BCUT2D eigenvalue weighted by Crippen LogP contribution is -2.41. The predicted molar refractivity (Wildman–Crippen MR) is 107 cm³/mol. The first-order valence-electron chi connectivity index (χ1n) is 9.12. The lowest BCUT2D eigenvalue weighted by molar-refractivity contribution is -0.115. The summed E-state index contributed by atoms with van der Waals surface area (Å²) in [5, 5.41) is 2.70. The van der Waals surface area contributed by atoms with E-state index in [1.807, 2.05) is 0 Å². The number of hydrazine groups is 1.